The van der Waals surface area contributed by atoms with Gasteiger partial charge in [0, 0.05) is 50.6 Å². The van der Waals surface area contributed by atoms with Crippen molar-refractivity contribution < 1.29 is 4.21 Å². The van der Waals surface area contributed by atoms with E-state index in [1.54, 1.807) is 12.5 Å². The highest BCUT2D eigenvalue weighted by molar-refractivity contribution is 9.10. The first-order valence-corrected chi connectivity index (χ1v) is 8.89. The fourth-order valence-corrected chi connectivity index (χ4v) is 3.03. The molecule has 4 nitrogen and oxygen atoms in total. The summed E-state index contributed by atoms with van der Waals surface area (Å²) in [4.78, 5) is 4.44. The van der Waals surface area contributed by atoms with Gasteiger partial charge in [0.25, 0.3) is 0 Å². The Morgan fingerprint density at radius 1 is 1.50 bits per heavy atom. The lowest BCUT2D eigenvalue weighted by molar-refractivity contribution is 0.678. The molecule has 0 aliphatic rings. The van der Waals surface area contributed by atoms with Gasteiger partial charge in [-0.15, -0.1) is 0 Å². The average molecular weight is 356 g/mol. The quantitative estimate of drug-likeness (QED) is 0.808. The smallest absolute Gasteiger partial charge is 0.0954 e. The SMILES string of the molecule is CC(CCS(C)=O)Nc1ccc(N)c2cc(Br)cnc12. The van der Waals surface area contributed by atoms with Crippen molar-refractivity contribution in [2.24, 2.45) is 0 Å². The Morgan fingerprint density at radius 3 is 2.95 bits per heavy atom. The molecule has 0 fully saturated rings. The number of nitrogens with two attached hydrogens (primary N) is 1. The Balaban J connectivity index is 2.26. The number of fused-ring (bicyclic) bond motifs is 1. The van der Waals surface area contributed by atoms with Gasteiger partial charge in [0.1, 0.15) is 0 Å². The summed E-state index contributed by atoms with van der Waals surface area (Å²) in [6.45, 7) is 2.08. The van der Waals surface area contributed by atoms with Gasteiger partial charge in [-0.25, -0.2) is 0 Å². The van der Waals surface area contributed by atoms with Crippen LogP contribution >= 0.6 is 15.9 Å². The fourth-order valence-electron chi connectivity index (χ4n) is 2.01. The summed E-state index contributed by atoms with van der Waals surface area (Å²) in [6, 6.07) is 6.02. The molecule has 2 unspecified atom stereocenters. The maximum atomic E-state index is 11.1. The Labute approximate surface area is 129 Å². The van der Waals surface area contributed by atoms with Crippen molar-refractivity contribution in [2.45, 2.75) is 19.4 Å². The van der Waals surface area contributed by atoms with Crippen LogP contribution in [0.5, 0.6) is 0 Å². The third-order valence-corrected chi connectivity index (χ3v) is 4.33. The summed E-state index contributed by atoms with van der Waals surface area (Å²) in [6.07, 6.45) is 4.34. The topological polar surface area (TPSA) is 68.0 Å². The summed E-state index contributed by atoms with van der Waals surface area (Å²) in [5.74, 6) is 0.694. The van der Waals surface area contributed by atoms with Crippen molar-refractivity contribution in [3.05, 3.63) is 28.9 Å². The van der Waals surface area contributed by atoms with Crippen LogP contribution < -0.4 is 11.1 Å². The standard InChI is InChI=1S/C14H18BrN3OS/c1-9(5-6-20(2)19)18-13-4-3-12(16)11-7-10(15)8-17-14(11)13/h3-4,7-9,18H,5-6,16H2,1-2H3. The molecule has 0 radical (unpaired) electrons. The zero-order valence-electron chi connectivity index (χ0n) is 11.5. The van der Waals surface area contributed by atoms with Gasteiger partial charge < -0.3 is 11.1 Å². The first-order chi connectivity index (χ1) is 9.47. The summed E-state index contributed by atoms with van der Waals surface area (Å²) >= 11 is 3.41. The lowest BCUT2D eigenvalue weighted by atomic mass is 10.1. The number of halogens is 1. The number of hydrogen-bond acceptors (Lipinski definition) is 4. The largest absolute Gasteiger partial charge is 0.398 e. The molecule has 2 atom stereocenters. The zero-order chi connectivity index (χ0) is 14.7. The van der Waals surface area contributed by atoms with Gasteiger partial charge in [-0.2, -0.15) is 0 Å². The molecule has 1 aromatic carbocycles. The monoisotopic (exact) mass is 355 g/mol. The van der Waals surface area contributed by atoms with Crippen LogP contribution in [0.1, 0.15) is 13.3 Å². The molecule has 0 aliphatic heterocycles. The molecule has 0 spiro atoms. The summed E-state index contributed by atoms with van der Waals surface area (Å²) in [5.41, 5.74) is 8.52. The Hall–Kier alpha value is -1.14. The minimum atomic E-state index is -0.760. The third kappa shape index (κ3) is 3.70. The highest BCUT2D eigenvalue weighted by atomic mass is 79.9. The fraction of sp³-hybridized carbons (Fsp3) is 0.357. The van der Waals surface area contributed by atoms with Crippen LogP contribution in [0.2, 0.25) is 0 Å². The van der Waals surface area contributed by atoms with E-state index in [0.717, 1.165) is 27.5 Å². The molecule has 0 saturated carbocycles. The minimum Gasteiger partial charge on any atom is -0.398 e. The van der Waals surface area contributed by atoms with Crippen LogP contribution in [-0.4, -0.2) is 27.2 Å². The number of nitrogens with one attached hydrogen (secondary N) is 1. The van der Waals surface area contributed by atoms with E-state index in [-0.39, 0.29) is 6.04 Å². The molecule has 1 heterocycles. The predicted molar refractivity (Wildman–Crippen MR) is 90.5 cm³/mol. The minimum absolute atomic E-state index is 0.233. The number of aromatic nitrogens is 1. The first kappa shape index (κ1) is 15.3. The molecule has 1 aromatic heterocycles. The molecular weight excluding hydrogens is 338 g/mol. The number of benzene rings is 1. The van der Waals surface area contributed by atoms with Crippen LogP contribution in [0.4, 0.5) is 11.4 Å². The Morgan fingerprint density at radius 2 is 2.25 bits per heavy atom. The van der Waals surface area contributed by atoms with E-state index in [9.17, 15) is 4.21 Å². The van der Waals surface area contributed by atoms with Gasteiger partial charge in [-0.3, -0.25) is 9.19 Å². The Bertz CT molecular complexity index is 648. The molecule has 20 heavy (non-hydrogen) atoms. The van der Waals surface area contributed by atoms with Gasteiger partial charge in [-0.05, 0) is 47.5 Å². The van der Waals surface area contributed by atoms with Crippen LogP contribution in [-0.2, 0) is 10.8 Å². The lowest BCUT2D eigenvalue weighted by Gasteiger charge is -2.16. The molecule has 2 rings (SSSR count). The van der Waals surface area contributed by atoms with Gasteiger partial charge >= 0.3 is 0 Å². The number of hydrogen-bond donors (Lipinski definition) is 2. The summed E-state index contributed by atoms with van der Waals surface area (Å²) < 4.78 is 12.1. The second-order valence-corrected chi connectivity index (χ2v) is 7.33. The predicted octanol–water partition coefficient (Wildman–Crippen LogP) is 3.15. The van der Waals surface area contributed by atoms with Gasteiger partial charge in [0.2, 0.25) is 0 Å². The number of nitrogen functional groups attached to an aromatic ring is 1. The third-order valence-electron chi connectivity index (χ3n) is 3.09. The van der Waals surface area contributed by atoms with Crippen LogP contribution in [0.3, 0.4) is 0 Å². The Kier molecular flexibility index (Phi) is 4.99. The number of nitrogens with zero attached hydrogens (tertiary/aromatic N) is 1. The van der Waals surface area contributed by atoms with E-state index in [2.05, 4.69) is 33.2 Å². The molecule has 6 heteroatoms. The molecule has 0 saturated heterocycles. The van der Waals surface area contributed by atoms with Crippen molar-refractivity contribution in [2.75, 3.05) is 23.1 Å². The van der Waals surface area contributed by atoms with Crippen molar-refractivity contribution in [1.82, 2.24) is 4.98 Å². The van der Waals surface area contributed by atoms with Crippen molar-refractivity contribution in [3.8, 4) is 0 Å². The molecule has 2 aromatic rings. The average Bonchev–Trinajstić information content (AvgIpc) is 2.40. The van der Waals surface area contributed by atoms with Gasteiger partial charge in [-0.1, -0.05) is 0 Å². The molecular formula is C14H18BrN3OS. The van der Waals surface area contributed by atoms with Crippen LogP contribution in [0.25, 0.3) is 10.9 Å². The second kappa shape index (κ2) is 6.54. The first-order valence-electron chi connectivity index (χ1n) is 6.37. The summed E-state index contributed by atoms with van der Waals surface area (Å²) in [5, 5.41) is 4.35. The van der Waals surface area contributed by atoms with E-state index in [1.807, 2.05) is 18.2 Å². The van der Waals surface area contributed by atoms with Gasteiger partial charge in [0.15, 0.2) is 0 Å². The maximum Gasteiger partial charge on any atom is 0.0954 e. The second-order valence-electron chi connectivity index (χ2n) is 4.86. The van der Waals surface area contributed by atoms with Crippen molar-refractivity contribution in [1.29, 1.82) is 0 Å². The zero-order valence-corrected chi connectivity index (χ0v) is 13.9. The van der Waals surface area contributed by atoms with E-state index in [1.165, 1.54) is 0 Å². The van der Waals surface area contributed by atoms with Crippen molar-refractivity contribution >= 4 is 49.0 Å². The number of pyridine rings is 1. The normalized spacial score (nSPS) is 14.2. The van der Waals surface area contributed by atoms with E-state index >= 15 is 0 Å². The highest BCUT2D eigenvalue weighted by Gasteiger charge is 2.09. The number of anilines is 2. The van der Waals surface area contributed by atoms with Crippen LogP contribution in [0.15, 0.2) is 28.9 Å². The molecule has 3 N–H and O–H groups in total. The molecule has 0 bridgehead atoms. The number of rotatable bonds is 5. The molecule has 0 aliphatic carbocycles. The van der Waals surface area contributed by atoms with E-state index in [4.69, 9.17) is 5.73 Å². The van der Waals surface area contributed by atoms with E-state index in [0.29, 0.717) is 11.4 Å². The van der Waals surface area contributed by atoms with Gasteiger partial charge in [0.05, 0.1) is 11.2 Å². The maximum absolute atomic E-state index is 11.1. The van der Waals surface area contributed by atoms with E-state index < -0.39 is 10.8 Å². The van der Waals surface area contributed by atoms with Crippen molar-refractivity contribution in [3.63, 3.8) is 0 Å². The lowest BCUT2D eigenvalue weighted by Crippen LogP contribution is -2.18. The molecule has 108 valence electrons. The molecule has 0 amide bonds. The van der Waals surface area contributed by atoms with Crippen LogP contribution in [0, 0.1) is 0 Å². The summed E-state index contributed by atoms with van der Waals surface area (Å²) in [7, 11) is -0.760. The highest BCUT2D eigenvalue weighted by Crippen LogP contribution is 2.29.